The summed E-state index contributed by atoms with van der Waals surface area (Å²) >= 11 is 1.86. The second kappa shape index (κ2) is 6.24. The van der Waals surface area contributed by atoms with Gasteiger partial charge in [0.1, 0.15) is 11.5 Å². The number of benzene rings is 2. The number of allylic oxidation sites excluding steroid dienone is 2. The van der Waals surface area contributed by atoms with E-state index in [4.69, 9.17) is 4.74 Å². The second-order valence-corrected chi connectivity index (χ2v) is 6.39. The summed E-state index contributed by atoms with van der Waals surface area (Å²) in [5, 5.41) is 10.4. The first-order chi connectivity index (χ1) is 11.5. The predicted octanol–water partition coefficient (Wildman–Crippen LogP) is 4.41. The molecule has 0 radical (unpaired) electrons. The highest BCUT2D eigenvalue weighted by molar-refractivity contribution is 14.1. The summed E-state index contributed by atoms with van der Waals surface area (Å²) in [7, 11) is 1.50. The molecular weight excluding hydrogens is 419 g/mol. The molecule has 5 heteroatoms. The highest BCUT2D eigenvalue weighted by atomic mass is 127. The Kier molecular flexibility index (Phi) is 4.28. The summed E-state index contributed by atoms with van der Waals surface area (Å²) in [5.41, 5.74) is 2.25. The van der Waals surface area contributed by atoms with Crippen LogP contribution in [0.25, 0.3) is 17.2 Å². The number of hydrogen-bond acceptors (Lipinski definition) is 4. The molecule has 120 valence electrons. The van der Waals surface area contributed by atoms with E-state index in [1.807, 2.05) is 22.6 Å². The summed E-state index contributed by atoms with van der Waals surface area (Å²) in [6.45, 7) is 3.77. The van der Waals surface area contributed by atoms with Crippen LogP contribution in [0.3, 0.4) is 0 Å². The number of carbonyl (C=O) groups is 2. The average molecular weight is 432 g/mol. The quantitative estimate of drug-likeness (QED) is 0.731. The molecule has 24 heavy (non-hydrogen) atoms. The zero-order chi connectivity index (χ0) is 17.4. The van der Waals surface area contributed by atoms with Gasteiger partial charge in [-0.05, 0) is 46.4 Å². The lowest BCUT2D eigenvalue weighted by Crippen LogP contribution is -2.16. The molecule has 0 atom stereocenters. The molecule has 0 saturated heterocycles. The topological polar surface area (TPSA) is 63.6 Å². The number of Topliss-reactive ketones (excluding diaryl/α,β-unsaturated/α-hetero) is 1. The fraction of sp³-hybridized carbons (Fsp3) is 0.0526. The molecule has 4 nitrogen and oxygen atoms in total. The van der Waals surface area contributed by atoms with E-state index in [0.717, 1.165) is 0 Å². The van der Waals surface area contributed by atoms with Crippen LogP contribution in [0.4, 0.5) is 0 Å². The number of rotatable bonds is 3. The molecule has 0 amide bonds. The van der Waals surface area contributed by atoms with Crippen molar-refractivity contribution in [3.8, 4) is 22.6 Å². The van der Waals surface area contributed by atoms with E-state index in [2.05, 4.69) is 6.58 Å². The number of halogens is 1. The predicted molar refractivity (Wildman–Crippen MR) is 101 cm³/mol. The Balaban J connectivity index is 2.37. The van der Waals surface area contributed by atoms with Crippen molar-refractivity contribution in [3.05, 3.63) is 63.3 Å². The third-order valence-corrected chi connectivity index (χ3v) is 4.70. The highest BCUT2D eigenvalue weighted by Gasteiger charge is 2.29. The van der Waals surface area contributed by atoms with Gasteiger partial charge >= 0.3 is 0 Å². The van der Waals surface area contributed by atoms with Gasteiger partial charge in [0, 0.05) is 34.4 Å². The van der Waals surface area contributed by atoms with Crippen LogP contribution in [0.1, 0.15) is 26.3 Å². The van der Waals surface area contributed by atoms with Crippen LogP contribution in [0.15, 0.2) is 46.6 Å². The Morgan fingerprint density at radius 3 is 2.46 bits per heavy atom. The maximum atomic E-state index is 12.7. The number of aromatic hydroxyl groups is 1. The number of phenols is 1. The molecule has 0 saturated carbocycles. The third-order valence-electron chi connectivity index (χ3n) is 3.90. The van der Waals surface area contributed by atoms with Gasteiger partial charge in [-0.15, -0.1) is 0 Å². The Bertz CT molecular complexity index is 925. The smallest absolute Gasteiger partial charge is 0.200 e. The summed E-state index contributed by atoms with van der Waals surface area (Å²) in [6.07, 6.45) is 2.93. The molecule has 2 aromatic rings. The number of fused-ring (bicyclic) bond motifs is 1. The van der Waals surface area contributed by atoms with Crippen LogP contribution in [-0.4, -0.2) is 23.8 Å². The number of methoxy groups -OCH3 is 1. The van der Waals surface area contributed by atoms with Crippen molar-refractivity contribution in [1.29, 1.82) is 0 Å². The normalized spacial score (nSPS) is 13.3. The van der Waals surface area contributed by atoms with Crippen molar-refractivity contribution in [2.24, 2.45) is 0 Å². The van der Waals surface area contributed by atoms with Crippen molar-refractivity contribution in [2.75, 3.05) is 7.11 Å². The molecule has 0 spiro atoms. The fourth-order valence-corrected chi connectivity index (χ4v) is 3.30. The number of hydrogen-bond donors (Lipinski definition) is 1. The number of ether oxygens (including phenoxy) is 1. The molecule has 0 bridgehead atoms. The van der Waals surface area contributed by atoms with E-state index in [9.17, 15) is 14.7 Å². The van der Waals surface area contributed by atoms with Gasteiger partial charge in [-0.2, -0.15) is 0 Å². The van der Waals surface area contributed by atoms with E-state index >= 15 is 0 Å². The minimum Gasteiger partial charge on any atom is -0.507 e. The van der Waals surface area contributed by atoms with Crippen molar-refractivity contribution < 1.29 is 19.4 Å². The van der Waals surface area contributed by atoms with Crippen molar-refractivity contribution in [3.63, 3.8) is 0 Å². The van der Waals surface area contributed by atoms with Gasteiger partial charge in [-0.1, -0.05) is 18.7 Å². The Morgan fingerprint density at radius 1 is 1.12 bits per heavy atom. The third kappa shape index (κ3) is 2.54. The first-order valence-corrected chi connectivity index (χ1v) is 8.18. The summed E-state index contributed by atoms with van der Waals surface area (Å²) in [4.78, 5) is 25.0. The van der Waals surface area contributed by atoms with Crippen molar-refractivity contribution >= 4 is 40.2 Å². The van der Waals surface area contributed by atoms with Crippen LogP contribution < -0.4 is 4.74 Å². The molecule has 0 aliphatic heterocycles. The minimum absolute atomic E-state index is 0.0318. The number of phenolic OH excluding ortho intramolecular Hbond substituents is 1. The van der Waals surface area contributed by atoms with Crippen molar-refractivity contribution in [2.45, 2.75) is 0 Å². The molecule has 3 rings (SSSR count). The van der Waals surface area contributed by atoms with Crippen LogP contribution in [0, 0.1) is 0 Å². The lowest BCUT2D eigenvalue weighted by molar-refractivity contribution is 0.0993. The molecular formula is C19H13IO4. The molecule has 1 aliphatic carbocycles. The van der Waals surface area contributed by atoms with E-state index in [1.165, 1.54) is 19.3 Å². The van der Waals surface area contributed by atoms with Crippen LogP contribution >= 0.6 is 22.6 Å². The standard InChI is InChI=1S/C19H13IO4/c1-3-10-4-6-13-16(22)9-14(20)19(23)18(13)17(10)12-7-5-11(24-2)8-15(12)21/h3-9,21H,1H2,2H3. The average Bonchev–Trinajstić information content (AvgIpc) is 2.58. The summed E-state index contributed by atoms with van der Waals surface area (Å²) < 4.78 is 5.45. The largest absolute Gasteiger partial charge is 0.507 e. The van der Waals surface area contributed by atoms with Gasteiger partial charge in [-0.25, -0.2) is 0 Å². The van der Waals surface area contributed by atoms with Crippen LogP contribution in [-0.2, 0) is 0 Å². The van der Waals surface area contributed by atoms with Gasteiger partial charge in [0.2, 0.25) is 5.78 Å². The van der Waals surface area contributed by atoms with Gasteiger partial charge in [0.05, 0.1) is 10.7 Å². The Hall–Kier alpha value is -2.41. The van der Waals surface area contributed by atoms with Gasteiger partial charge in [-0.3, -0.25) is 9.59 Å². The summed E-state index contributed by atoms with van der Waals surface area (Å²) in [6, 6.07) is 8.17. The maximum absolute atomic E-state index is 12.7. The van der Waals surface area contributed by atoms with Crippen LogP contribution in [0.2, 0.25) is 0 Å². The number of carbonyl (C=O) groups excluding carboxylic acids is 2. The minimum atomic E-state index is -0.237. The molecule has 0 unspecified atom stereocenters. The summed E-state index contributed by atoms with van der Waals surface area (Å²) in [5.74, 6) is 0.00623. The van der Waals surface area contributed by atoms with Gasteiger partial charge in [0.25, 0.3) is 0 Å². The van der Waals surface area contributed by atoms with Crippen LogP contribution in [0.5, 0.6) is 11.5 Å². The Labute approximate surface area is 152 Å². The monoisotopic (exact) mass is 432 g/mol. The SMILES string of the molecule is C=Cc1ccc2c(c1-c1ccc(OC)cc1O)C(=O)C(I)=CC2=O. The lowest BCUT2D eigenvalue weighted by atomic mass is 9.84. The van der Waals surface area contributed by atoms with Gasteiger partial charge in [0.15, 0.2) is 5.78 Å². The van der Waals surface area contributed by atoms with Crippen molar-refractivity contribution in [1.82, 2.24) is 0 Å². The molecule has 1 N–H and O–H groups in total. The fourth-order valence-electron chi connectivity index (χ4n) is 2.75. The molecule has 0 fully saturated rings. The zero-order valence-electron chi connectivity index (χ0n) is 12.8. The maximum Gasteiger partial charge on any atom is 0.200 e. The molecule has 0 aromatic heterocycles. The van der Waals surface area contributed by atoms with E-state index in [-0.39, 0.29) is 17.3 Å². The highest BCUT2D eigenvalue weighted by Crippen LogP contribution is 2.41. The molecule has 0 heterocycles. The first kappa shape index (κ1) is 16.4. The lowest BCUT2D eigenvalue weighted by Gasteiger charge is -2.19. The van der Waals surface area contributed by atoms with E-state index < -0.39 is 0 Å². The zero-order valence-corrected chi connectivity index (χ0v) is 15.0. The van der Waals surface area contributed by atoms with E-state index in [1.54, 1.807) is 30.3 Å². The molecule has 1 aliphatic rings. The second-order valence-electron chi connectivity index (χ2n) is 5.23. The number of ketones is 2. The Morgan fingerprint density at radius 2 is 1.83 bits per heavy atom. The first-order valence-electron chi connectivity index (χ1n) is 7.11. The molecule has 2 aromatic carbocycles. The van der Waals surface area contributed by atoms with E-state index in [0.29, 0.717) is 37.1 Å². The van der Waals surface area contributed by atoms with Gasteiger partial charge < -0.3 is 9.84 Å².